The molecule has 15 aliphatic rings. The number of rotatable bonds is 14. The van der Waals surface area contributed by atoms with E-state index in [1.165, 1.54) is 253 Å². The Labute approximate surface area is 835 Å². The number of hydrogen-bond donors (Lipinski definition) is 0. The summed E-state index contributed by atoms with van der Waals surface area (Å²) >= 11 is 0. The number of hydrogen-bond acceptors (Lipinski definition) is 3. The first-order valence-electron chi connectivity index (χ1n) is 53.2. The fourth-order valence-corrected chi connectivity index (χ4v) is 32.5. The highest BCUT2D eigenvalue weighted by Crippen LogP contribution is 2.74. The highest BCUT2D eigenvalue weighted by molar-refractivity contribution is 6.11. The van der Waals surface area contributed by atoms with Gasteiger partial charge in [0.1, 0.15) is 0 Å². The number of nitrogens with zero attached hydrogens (tertiary/aromatic N) is 4. The van der Waals surface area contributed by atoms with Gasteiger partial charge < -0.3 is 19.3 Å². The van der Waals surface area contributed by atoms with Crippen molar-refractivity contribution in [1.82, 2.24) is 4.57 Å². The van der Waals surface area contributed by atoms with Crippen LogP contribution in [0.3, 0.4) is 0 Å². The maximum Gasteiger partial charge on any atom is 0.0542 e. The number of benzene rings is 18. The van der Waals surface area contributed by atoms with Crippen LogP contribution in [0.1, 0.15) is 130 Å². The molecule has 0 amide bonds. The molecule has 4 nitrogen and oxygen atoms in total. The first-order valence-corrected chi connectivity index (χ1v) is 53.2. The molecule has 1 heterocycles. The molecule has 0 N–H and O–H groups in total. The smallest absolute Gasteiger partial charge is 0.0542 e. The summed E-state index contributed by atoms with van der Waals surface area (Å²) in [6, 6.07) is 168. The molecule has 142 heavy (non-hydrogen) atoms. The monoisotopic (exact) mass is 1830 g/mol. The van der Waals surface area contributed by atoms with Gasteiger partial charge in [0.15, 0.2) is 0 Å². The first-order chi connectivity index (χ1) is 70.3. The van der Waals surface area contributed by atoms with E-state index in [9.17, 15) is 0 Å². The zero-order valence-electron chi connectivity index (χ0n) is 80.5. The summed E-state index contributed by atoms with van der Waals surface area (Å²) < 4.78 is 2.40. The topological polar surface area (TPSA) is 14.7 Å². The molecule has 19 aromatic rings. The maximum absolute atomic E-state index is 2.55. The second-order valence-electron chi connectivity index (χ2n) is 44.2. The Morgan fingerprint density at radius 2 is 0.444 bits per heavy atom. The minimum absolute atomic E-state index is 0.183. The molecular formula is C138H116N4. The normalized spacial score (nSPS) is 24.7. The molecule has 12 saturated carbocycles. The molecule has 0 saturated heterocycles. The number of fused-ring (bicyclic) bond motifs is 12. The van der Waals surface area contributed by atoms with Crippen LogP contribution in [0.5, 0.6) is 0 Å². The van der Waals surface area contributed by atoms with Crippen molar-refractivity contribution in [1.29, 1.82) is 0 Å². The maximum atomic E-state index is 2.55. The quantitative estimate of drug-likeness (QED) is 0.108. The summed E-state index contributed by atoms with van der Waals surface area (Å²) in [4.78, 5) is 7.40. The Balaban J connectivity index is 0.000000102. The molecule has 688 valence electrons. The third-order valence-electron chi connectivity index (χ3n) is 37.2. The Bertz CT molecular complexity index is 7960. The van der Waals surface area contributed by atoms with Crippen LogP contribution in [0.4, 0.5) is 51.2 Å². The third-order valence-corrected chi connectivity index (χ3v) is 37.2. The van der Waals surface area contributed by atoms with Crippen LogP contribution >= 0.6 is 0 Å². The van der Waals surface area contributed by atoms with Crippen molar-refractivity contribution >= 4 is 73.0 Å². The first kappa shape index (κ1) is 84.1. The van der Waals surface area contributed by atoms with Gasteiger partial charge in [0, 0.05) is 83.8 Å². The molecule has 0 atom stereocenters. The molecule has 34 rings (SSSR count). The van der Waals surface area contributed by atoms with Crippen molar-refractivity contribution < 1.29 is 0 Å². The second kappa shape index (κ2) is 33.7. The van der Waals surface area contributed by atoms with Crippen molar-refractivity contribution in [2.24, 2.45) is 71.0 Å². The lowest BCUT2D eigenvalue weighted by Crippen LogP contribution is -2.55. The highest BCUT2D eigenvalue weighted by Gasteiger charge is 2.65. The van der Waals surface area contributed by atoms with Gasteiger partial charge >= 0.3 is 0 Å². The van der Waals surface area contributed by atoms with Gasteiger partial charge in [-0.25, -0.2) is 0 Å². The lowest BCUT2D eigenvalue weighted by atomic mass is 9.43. The largest absolute Gasteiger partial charge is 0.310 e. The van der Waals surface area contributed by atoms with Crippen LogP contribution < -0.4 is 14.7 Å². The van der Waals surface area contributed by atoms with Gasteiger partial charge in [0.25, 0.3) is 0 Å². The van der Waals surface area contributed by atoms with Crippen LogP contribution in [0.25, 0.3) is 105 Å². The SMILES string of the molecule is c1ccc(-c2ccc(-c3ccc(N(c4ccccc4)c4ccc5c(c4)-c4ccccc4C54C5CC6CC(C5)CC4C6)cc3)cc2)cc1.c1ccc(-c2ccc(N(c3ccccc3)c3ccc4c(c3)-c3ccccc3C43C4CC5CC(C4)CC3C5)c(-c3ccccc3)c2)cc1.c1ccc(N(c2ccc3c(c2)-c2ccccc2C32C3CC4CC(C3)CC2C4)c2ccc3c(c2)c2ccccc2n3-c2ccccc2)cc1. The van der Waals surface area contributed by atoms with Gasteiger partial charge in [-0.15, -0.1) is 0 Å². The van der Waals surface area contributed by atoms with Gasteiger partial charge in [-0.1, -0.05) is 315 Å². The highest BCUT2D eigenvalue weighted by atomic mass is 15.2. The Hall–Kier alpha value is -14.8. The van der Waals surface area contributed by atoms with Crippen LogP contribution in [-0.2, 0) is 16.2 Å². The fourth-order valence-electron chi connectivity index (χ4n) is 32.5. The Morgan fingerprint density at radius 1 is 0.169 bits per heavy atom. The summed E-state index contributed by atoms with van der Waals surface area (Å²) in [7, 11) is 0. The Kier molecular flexibility index (Phi) is 20.0. The number of anilines is 9. The zero-order valence-corrected chi connectivity index (χ0v) is 80.5. The summed E-state index contributed by atoms with van der Waals surface area (Å²) in [6.45, 7) is 0. The third kappa shape index (κ3) is 13.2. The van der Waals surface area contributed by atoms with E-state index in [0.29, 0.717) is 0 Å². The number of aromatic nitrogens is 1. The second-order valence-corrected chi connectivity index (χ2v) is 44.2. The molecule has 0 unspecified atom stereocenters. The summed E-state index contributed by atoms with van der Waals surface area (Å²) in [6.07, 6.45) is 21.4. The van der Waals surface area contributed by atoms with E-state index in [-0.39, 0.29) is 16.2 Å². The van der Waals surface area contributed by atoms with Gasteiger partial charge in [-0.3, -0.25) is 0 Å². The molecule has 0 radical (unpaired) electrons. The standard InChI is InChI=1S/C46H38N2.2C46H39N/c1-3-11-34(12-4-1)47(37-20-22-45-41(29-37)39-16-8-10-18-44(39)48(45)35-13-5-2-6-14-35)36-19-21-43-40(28-36)38-15-7-9-17-42(38)46(43)32-24-30-23-31(26-32)27-33(46)25-30;1-4-12-33(13-5-1)35-20-23-45(41(29-35)34-14-6-2-7-15-34)47(38-16-8-3-9-17-38)39-21-22-44-42(30-39)40-18-10-11-19-43(40)46(44)36-25-31-24-32(27-36)28-37(46)26-31;1-3-9-33(10-4-1)34-15-17-35(18-16-34)36-19-21-40(22-20-36)47(39-11-5-2-6-12-39)41-23-24-45-43(30-41)42-13-7-8-14-44(42)46(45)37-26-31-25-32(28-37)29-38(46)27-31/h1-22,28-33H,23-27H2;1-23,29-32,36-37H,24-28H2;1-24,30-32,37-38H,25-29H2. The molecule has 18 aromatic carbocycles. The molecule has 12 fully saturated rings. The van der Waals surface area contributed by atoms with E-state index in [1.807, 2.05) is 0 Å². The lowest BCUT2D eigenvalue weighted by Gasteiger charge is -2.61. The van der Waals surface area contributed by atoms with E-state index in [4.69, 9.17) is 0 Å². The van der Waals surface area contributed by atoms with E-state index in [2.05, 4.69) is 468 Å². The van der Waals surface area contributed by atoms with Crippen molar-refractivity contribution in [3.63, 3.8) is 0 Å². The zero-order chi connectivity index (χ0) is 93.3. The summed E-state index contributed by atoms with van der Waals surface area (Å²) in [5.74, 6) is 10.4. The molecule has 4 heteroatoms. The molecule has 1 aromatic heterocycles. The van der Waals surface area contributed by atoms with Crippen molar-refractivity contribution in [3.05, 3.63) is 482 Å². The van der Waals surface area contributed by atoms with Gasteiger partial charge in [0.2, 0.25) is 0 Å². The predicted octanol–water partition coefficient (Wildman–Crippen LogP) is 36.4. The molecule has 0 aliphatic heterocycles. The van der Waals surface area contributed by atoms with Gasteiger partial charge in [-0.2, -0.15) is 0 Å². The fraction of sp³-hybridized carbons (Fsp3) is 0.217. The average molecular weight is 1830 g/mol. The minimum atomic E-state index is 0.183. The van der Waals surface area contributed by atoms with Crippen molar-refractivity contribution in [3.8, 4) is 83.6 Å². The van der Waals surface area contributed by atoms with Gasteiger partial charge in [-0.05, 0) is 406 Å². The van der Waals surface area contributed by atoms with E-state index >= 15 is 0 Å². The molecular weight excluding hydrogens is 1710 g/mol. The van der Waals surface area contributed by atoms with Crippen molar-refractivity contribution in [2.75, 3.05) is 14.7 Å². The van der Waals surface area contributed by atoms with E-state index < -0.39 is 0 Å². The van der Waals surface area contributed by atoms with Crippen LogP contribution in [0.15, 0.2) is 449 Å². The minimum Gasteiger partial charge on any atom is -0.310 e. The summed E-state index contributed by atoms with van der Waals surface area (Å²) in [5.41, 5.74) is 43.3. The number of para-hydroxylation sites is 5. The van der Waals surface area contributed by atoms with Gasteiger partial charge in [0.05, 0.1) is 16.7 Å². The molecule has 12 bridgehead atoms. The lowest BCUT2D eigenvalue weighted by molar-refractivity contribution is -0.0399. The van der Waals surface area contributed by atoms with E-state index in [0.717, 1.165) is 71.0 Å². The van der Waals surface area contributed by atoms with E-state index in [1.54, 1.807) is 33.4 Å². The predicted molar refractivity (Wildman–Crippen MR) is 589 cm³/mol. The van der Waals surface area contributed by atoms with Crippen LogP contribution in [0, 0.1) is 71.0 Å². The van der Waals surface area contributed by atoms with Crippen LogP contribution in [0.2, 0.25) is 0 Å². The average Bonchev–Trinajstić information content (AvgIpc) is 1.51. The van der Waals surface area contributed by atoms with Crippen molar-refractivity contribution in [2.45, 2.75) is 113 Å². The molecule has 3 spiro atoms. The van der Waals surface area contributed by atoms with Crippen LogP contribution in [-0.4, -0.2) is 4.57 Å². The molecule has 15 aliphatic carbocycles. The Morgan fingerprint density at radius 3 is 0.859 bits per heavy atom. The summed E-state index contributed by atoms with van der Waals surface area (Å²) in [5, 5.41) is 2.55.